The molecule has 2 aromatic rings. The Morgan fingerprint density at radius 1 is 1.00 bits per heavy atom. The summed E-state index contributed by atoms with van der Waals surface area (Å²) in [5, 5.41) is 3.32. The summed E-state index contributed by atoms with van der Waals surface area (Å²) in [4.78, 5) is 4.13. The summed E-state index contributed by atoms with van der Waals surface area (Å²) in [6.07, 6.45) is 8.94. The summed E-state index contributed by atoms with van der Waals surface area (Å²) in [6.45, 7) is 0.961. The Bertz CT molecular complexity index is 563. The van der Waals surface area contributed by atoms with Gasteiger partial charge in [-0.1, -0.05) is 18.2 Å². The van der Waals surface area contributed by atoms with E-state index in [0.29, 0.717) is 5.92 Å². The third-order valence-corrected chi connectivity index (χ3v) is 4.29. The zero-order chi connectivity index (χ0) is 13.8. The second-order valence-corrected chi connectivity index (χ2v) is 5.63. The van der Waals surface area contributed by atoms with Gasteiger partial charge in [-0.25, -0.2) is 0 Å². The number of hydrogen-bond acceptors (Lipinski definition) is 2. The van der Waals surface area contributed by atoms with E-state index in [1.807, 2.05) is 19.4 Å². The molecule has 1 heterocycles. The van der Waals surface area contributed by atoms with E-state index in [2.05, 4.69) is 40.6 Å². The first kappa shape index (κ1) is 13.3. The van der Waals surface area contributed by atoms with Crippen LogP contribution in [-0.2, 0) is 12.8 Å². The van der Waals surface area contributed by atoms with Crippen LogP contribution in [0, 0.1) is 0 Å². The number of aromatic nitrogens is 1. The molecule has 1 N–H and O–H groups in total. The van der Waals surface area contributed by atoms with Gasteiger partial charge in [-0.2, -0.15) is 0 Å². The van der Waals surface area contributed by atoms with Crippen molar-refractivity contribution in [1.82, 2.24) is 10.3 Å². The third-order valence-electron chi connectivity index (χ3n) is 4.29. The van der Waals surface area contributed by atoms with Crippen LogP contribution < -0.4 is 5.32 Å². The zero-order valence-electron chi connectivity index (χ0n) is 12.1. The van der Waals surface area contributed by atoms with Crippen molar-refractivity contribution in [3.8, 4) is 0 Å². The predicted molar refractivity (Wildman–Crippen MR) is 83.1 cm³/mol. The van der Waals surface area contributed by atoms with Gasteiger partial charge < -0.3 is 5.32 Å². The van der Waals surface area contributed by atoms with E-state index in [1.165, 1.54) is 36.8 Å². The lowest BCUT2D eigenvalue weighted by molar-refractivity contribution is 0.675. The highest BCUT2D eigenvalue weighted by Gasteiger charge is 2.16. The minimum Gasteiger partial charge on any atom is -0.319 e. The van der Waals surface area contributed by atoms with E-state index in [0.717, 1.165) is 6.54 Å². The van der Waals surface area contributed by atoms with Crippen LogP contribution >= 0.6 is 0 Å². The summed E-state index contributed by atoms with van der Waals surface area (Å²) in [7, 11) is 2.02. The molecular formula is C18H22N2. The van der Waals surface area contributed by atoms with Crippen LogP contribution in [0.15, 0.2) is 42.7 Å². The first-order valence-corrected chi connectivity index (χ1v) is 7.54. The van der Waals surface area contributed by atoms with Crippen LogP contribution in [0.1, 0.15) is 41.0 Å². The molecule has 104 valence electrons. The molecule has 3 rings (SSSR count). The van der Waals surface area contributed by atoms with Crippen molar-refractivity contribution in [2.75, 3.05) is 13.6 Å². The highest BCUT2D eigenvalue weighted by molar-refractivity contribution is 5.39. The van der Waals surface area contributed by atoms with Crippen LogP contribution in [0.3, 0.4) is 0 Å². The molecule has 2 nitrogen and oxygen atoms in total. The van der Waals surface area contributed by atoms with Gasteiger partial charge >= 0.3 is 0 Å². The first-order valence-electron chi connectivity index (χ1n) is 7.54. The molecule has 0 saturated carbocycles. The molecule has 20 heavy (non-hydrogen) atoms. The van der Waals surface area contributed by atoms with Crippen LogP contribution in [0.5, 0.6) is 0 Å². The van der Waals surface area contributed by atoms with Crippen LogP contribution in [0.4, 0.5) is 0 Å². The fourth-order valence-electron chi connectivity index (χ4n) is 3.20. The number of aryl methyl sites for hydroxylation is 2. The molecule has 0 bridgehead atoms. The number of nitrogens with zero attached hydrogens (tertiary/aromatic N) is 1. The SMILES string of the molecule is CNCC(c1ccncc1)c1ccc2c(c1)CCCC2. The van der Waals surface area contributed by atoms with E-state index >= 15 is 0 Å². The average molecular weight is 266 g/mol. The molecule has 0 spiro atoms. The molecule has 1 unspecified atom stereocenters. The minimum absolute atomic E-state index is 0.412. The maximum absolute atomic E-state index is 4.13. The summed E-state index contributed by atoms with van der Waals surface area (Å²) >= 11 is 0. The second-order valence-electron chi connectivity index (χ2n) is 5.63. The standard InChI is InChI=1S/C18H22N2/c1-19-13-18(15-8-10-20-11-9-15)17-7-6-14-4-2-3-5-16(14)12-17/h6-12,18-19H,2-5,13H2,1H3. The van der Waals surface area contributed by atoms with Crippen molar-refractivity contribution in [2.24, 2.45) is 0 Å². The van der Waals surface area contributed by atoms with Gasteiger partial charge in [-0.05, 0) is 67.1 Å². The van der Waals surface area contributed by atoms with E-state index in [9.17, 15) is 0 Å². The highest BCUT2D eigenvalue weighted by Crippen LogP contribution is 2.28. The lowest BCUT2D eigenvalue weighted by Gasteiger charge is -2.21. The molecule has 1 aromatic heterocycles. The molecule has 1 atom stereocenters. The Kier molecular flexibility index (Phi) is 4.12. The number of hydrogen-bond donors (Lipinski definition) is 1. The third kappa shape index (κ3) is 2.75. The van der Waals surface area contributed by atoms with E-state index in [4.69, 9.17) is 0 Å². The van der Waals surface area contributed by atoms with Crippen molar-refractivity contribution in [1.29, 1.82) is 0 Å². The Balaban J connectivity index is 1.95. The van der Waals surface area contributed by atoms with Crippen molar-refractivity contribution < 1.29 is 0 Å². The Morgan fingerprint density at radius 3 is 2.50 bits per heavy atom. The lowest BCUT2D eigenvalue weighted by Crippen LogP contribution is -2.19. The number of likely N-dealkylation sites (N-methyl/N-ethyl adjacent to an activating group) is 1. The molecule has 1 aliphatic rings. The van der Waals surface area contributed by atoms with Crippen LogP contribution in [-0.4, -0.2) is 18.6 Å². The van der Waals surface area contributed by atoms with Crippen LogP contribution in [0.25, 0.3) is 0 Å². The monoisotopic (exact) mass is 266 g/mol. The number of benzene rings is 1. The first-order chi connectivity index (χ1) is 9.88. The number of fused-ring (bicyclic) bond motifs is 1. The van der Waals surface area contributed by atoms with Gasteiger partial charge in [0.2, 0.25) is 0 Å². The van der Waals surface area contributed by atoms with Crippen molar-refractivity contribution in [3.05, 3.63) is 65.0 Å². The molecule has 0 radical (unpaired) electrons. The molecule has 0 saturated heterocycles. The van der Waals surface area contributed by atoms with Gasteiger partial charge in [0.15, 0.2) is 0 Å². The maximum Gasteiger partial charge on any atom is 0.0270 e. The Labute approximate surface area is 121 Å². The predicted octanol–water partition coefficient (Wildman–Crippen LogP) is 3.31. The molecule has 0 aliphatic heterocycles. The van der Waals surface area contributed by atoms with Gasteiger partial charge in [-0.3, -0.25) is 4.98 Å². The van der Waals surface area contributed by atoms with E-state index in [1.54, 1.807) is 11.1 Å². The quantitative estimate of drug-likeness (QED) is 0.918. The van der Waals surface area contributed by atoms with Gasteiger partial charge in [-0.15, -0.1) is 0 Å². The summed E-state index contributed by atoms with van der Waals surface area (Å²) in [5.74, 6) is 0.412. The van der Waals surface area contributed by atoms with E-state index in [-0.39, 0.29) is 0 Å². The Hall–Kier alpha value is -1.67. The van der Waals surface area contributed by atoms with Crippen molar-refractivity contribution in [3.63, 3.8) is 0 Å². The number of pyridine rings is 1. The maximum atomic E-state index is 4.13. The smallest absolute Gasteiger partial charge is 0.0270 e. The number of rotatable bonds is 4. The van der Waals surface area contributed by atoms with Crippen molar-refractivity contribution >= 4 is 0 Å². The summed E-state index contributed by atoms with van der Waals surface area (Å²) in [6, 6.07) is 11.3. The van der Waals surface area contributed by atoms with E-state index < -0.39 is 0 Å². The van der Waals surface area contributed by atoms with Gasteiger partial charge in [0.25, 0.3) is 0 Å². The molecule has 2 heteroatoms. The van der Waals surface area contributed by atoms with Gasteiger partial charge in [0, 0.05) is 24.9 Å². The normalized spacial score (nSPS) is 15.7. The summed E-state index contributed by atoms with van der Waals surface area (Å²) in [5.41, 5.74) is 5.87. The number of nitrogens with one attached hydrogen (secondary N) is 1. The fraction of sp³-hybridized carbons (Fsp3) is 0.389. The molecule has 1 aliphatic carbocycles. The minimum atomic E-state index is 0.412. The van der Waals surface area contributed by atoms with Gasteiger partial charge in [0.05, 0.1) is 0 Å². The van der Waals surface area contributed by atoms with Gasteiger partial charge in [0.1, 0.15) is 0 Å². The Morgan fingerprint density at radius 2 is 1.75 bits per heavy atom. The lowest BCUT2D eigenvalue weighted by atomic mass is 9.85. The topological polar surface area (TPSA) is 24.9 Å². The molecular weight excluding hydrogens is 244 g/mol. The zero-order valence-corrected chi connectivity index (χ0v) is 12.1. The second kappa shape index (κ2) is 6.19. The van der Waals surface area contributed by atoms with Crippen LogP contribution in [0.2, 0.25) is 0 Å². The molecule has 0 fully saturated rings. The fourth-order valence-corrected chi connectivity index (χ4v) is 3.20. The highest BCUT2D eigenvalue weighted by atomic mass is 14.8. The van der Waals surface area contributed by atoms with Crippen molar-refractivity contribution in [2.45, 2.75) is 31.6 Å². The molecule has 0 amide bonds. The largest absolute Gasteiger partial charge is 0.319 e. The average Bonchev–Trinajstić information content (AvgIpc) is 2.53. The summed E-state index contributed by atoms with van der Waals surface area (Å²) < 4.78 is 0. The molecule has 1 aromatic carbocycles.